The van der Waals surface area contributed by atoms with Gasteiger partial charge in [-0.25, -0.2) is 0 Å². The first-order valence-electron chi connectivity index (χ1n) is 11.5. The van der Waals surface area contributed by atoms with Crippen LogP contribution >= 0.6 is 22.6 Å². The van der Waals surface area contributed by atoms with Crippen molar-refractivity contribution < 1.29 is 0 Å². The molecule has 3 rings (SSSR count). The lowest BCUT2D eigenvalue weighted by atomic mass is 10.0. The molecule has 1 nitrogen and oxygen atoms in total. The van der Waals surface area contributed by atoms with Crippen LogP contribution in [0.5, 0.6) is 0 Å². The fourth-order valence-electron chi connectivity index (χ4n) is 4.25. The quantitative estimate of drug-likeness (QED) is 0.182. The van der Waals surface area contributed by atoms with Crippen LogP contribution in [-0.4, -0.2) is 4.98 Å². The van der Waals surface area contributed by atoms with E-state index >= 15 is 0 Å². The molecule has 0 saturated carbocycles. The van der Waals surface area contributed by atoms with Crippen molar-refractivity contribution >= 4 is 44.4 Å². The van der Waals surface area contributed by atoms with Gasteiger partial charge in [-0.15, -0.1) is 0 Å². The predicted molar refractivity (Wildman–Crippen MR) is 133 cm³/mol. The molecule has 0 aliphatic carbocycles. The molecular formula is C26H36IN. The van der Waals surface area contributed by atoms with E-state index < -0.39 is 0 Å². The van der Waals surface area contributed by atoms with Gasteiger partial charge in [0.15, 0.2) is 0 Å². The van der Waals surface area contributed by atoms with Crippen LogP contribution in [0.2, 0.25) is 0 Å². The lowest BCUT2D eigenvalue weighted by Crippen LogP contribution is -1.87. The Bertz CT molecular complexity index is 848. The van der Waals surface area contributed by atoms with Crippen molar-refractivity contribution in [3.63, 3.8) is 0 Å². The molecule has 0 saturated heterocycles. The van der Waals surface area contributed by atoms with Gasteiger partial charge in [0.05, 0.1) is 0 Å². The standard InChI is InChI=1S/C26H36IN/c1-2-3-4-5-6-7-8-9-10-11-12-13-14-21-15-17-23-24-20-22(27)16-18-25(24)28-26(23)19-21/h15-20,28H,2-14H2,1H3. The minimum atomic E-state index is 1.21. The molecular weight excluding hydrogens is 453 g/mol. The van der Waals surface area contributed by atoms with Gasteiger partial charge in [0, 0.05) is 25.4 Å². The van der Waals surface area contributed by atoms with E-state index in [-0.39, 0.29) is 0 Å². The second-order valence-electron chi connectivity index (χ2n) is 8.33. The summed E-state index contributed by atoms with van der Waals surface area (Å²) in [5.74, 6) is 0. The molecule has 1 aromatic heterocycles. The summed E-state index contributed by atoms with van der Waals surface area (Å²) in [6, 6.07) is 13.6. The van der Waals surface area contributed by atoms with Crippen LogP contribution in [-0.2, 0) is 6.42 Å². The van der Waals surface area contributed by atoms with Crippen LogP contribution in [0.4, 0.5) is 0 Å². The number of benzene rings is 2. The molecule has 2 aromatic carbocycles. The number of H-pyrrole nitrogens is 1. The van der Waals surface area contributed by atoms with E-state index in [0.29, 0.717) is 0 Å². The molecule has 0 unspecified atom stereocenters. The van der Waals surface area contributed by atoms with Gasteiger partial charge in [-0.05, 0) is 65.3 Å². The van der Waals surface area contributed by atoms with Gasteiger partial charge in [0.1, 0.15) is 0 Å². The molecule has 28 heavy (non-hydrogen) atoms. The van der Waals surface area contributed by atoms with E-state index in [0.717, 1.165) is 0 Å². The number of aromatic amines is 1. The number of rotatable bonds is 13. The highest BCUT2D eigenvalue weighted by Gasteiger charge is 2.05. The number of nitrogens with one attached hydrogen (secondary N) is 1. The maximum atomic E-state index is 3.59. The van der Waals surface area contributed by atoms with Crippen molar-refractivity contribution in [2.24, 2.45) is 0 Å². The molecule has 0 radical (unpaired) electrons. The van der Waals surface area contributed by atoms with Crippen molar-refractivity contribution in [2.45, 2.75) is 90.4 Å². The van der Waals surface area contributed by atoms with E-state index in [1.807, 2.05) is 0 Å². The van der Waals surface area contributed by atoms with E-state index in [1.54, 1.807) is 0 Å². The molecule has 0 bridgehead atoms. The van der Waals surface area contributed by atoms with Crippen molar-refractivity contribution in [3.8, 4) is 0 Å². The predicted octanol–water partition coefficient (Wildman–Crippen LogP) is 9.17. The Hall–Kier alpha value is -1.03. The second kappa shape index (κ2) is 11.8. The third-order valence-corrected chi connectivity index (χ3v) is 6.62. The molecule has 1 heterocycles. The highest BCUT2D eigenvalue weighted by atomic mass is 127. The Balaban J connectivity index is 1.32. The van der Waals surface area contributed by atoms with Crippen LogP contribution in [0.1, 0.15) is 89.5 Å². The lowest BCUT2D eigenvalue weighted by molar-refractivity contribution is 0.544. The van der Waals surface area contributed by atoms with Gasteiger partial charge in [-0.3, -0.25) is 0 Å². The Kier molecular flexibility index (Phi) is 9.17. The van der Waals surface area contributed by atoms with Crippen LogP contribution in [0.15, 0.2) is 36.4 Å². The maximum Gasteiger partial charge on any atom is 0.0467 e. The zero-order valence-electron chi connectivity index (χ0n) is 17.5. The number of aryl methyl sites for hydroxylation is 1. The summed E-state index contributed by atoms with van der Waals surface area (Å²) in [7, 11) is 0. The van der Waals surface area contributed by atoms with Crippen molar-refractivity contribution in [2.75, 3.05) is 0 Å². The number of aromatic nitrogens is 1. The summed E-state index contributed by atoms with van der Waals surface area (Å²) in [5.41, 5.74) is 4.01. The largest absolute Gasteiger partial charge is 0.355 e. The van der Waals surface area contributed by atoms with Gasteiger partial charge in [-0.1, -0.05) is 89.7 Å². The average Bonchev–Trinajstić information content (AvgIpc) is 3.06. The molecule has 0 amide bonds. The van der Waals surface area contributed by atoms with E-state index in [4.69, 9.17) is 0 Å². The fourth-order valence-corrected chi connectivity index (χ4v) is 4.74. The Morgan fingerprint density at radius 3 is 1.96 bits per heavy atom. The molecule has 3 aromatic rings. The van der Waals surface area contributed by atoms with Gasteiger partial charge in [-0.2, -0.15) is 0 Å². The first kappa shape index (κ1) is 21.7. The third-order valence-electron chi connectivity index (χ3n) is 5.94. The molecule has 0 aliphatic rings. The Labute approximate surface area is 184 Å². The van der Waals surface area contributed by atoms with E-state index in [9.17, 15) is 0 Å². The summed E-state index contributed by atoms with van der Waals surface area (Å²) in [5, 5.41) is 2.70. The molecule has 0 atom stereocenters. The highest BCUT2D eigenvalue weighted by Crippen LogP contribution is 2.28. The van der Waals surface area contributed by atoms with Gasteiger partial charge >= 0.3 is 0 Å². The van der Waals surface area contributed by atoms with Crippen molar-refractivity contribution in [1.82, 2.24) is 4.98 Å². The zero-order valence-corrected chi connectivity index (χ0v) is 19.7. The Morgan fingerprint density at radius 2 is 1.29 bits per heavy atom. The normalized spacial score (nSPS) is 11.6. The maximum absolute atomic E-state index is 3.59. The number of unbranched alkanes of at least 4 members (excludes halogenated alkanes) is 11. The first-order valence-corrected chi connectivity index (χ1v) is 12.6. The number of fused-ring (bicyclic) bond motifs is 3. The summed E-state index contributed by atoms with van der Waals surface area (Å²) in [6.07, 6.45) is 18.2. The van der Waals surface area contributed by atoms with Crippen LogP contribution in [0, 0.1) is 3.57 Å². The smallest absolute Gasteiger partial charge is 0.0467 e. The van der Waals surface area contributed by atoms with Gasteiger partial charge in [0.25, 0.3) is 0 Å². The molecule has 0 spiro atoms. The average molecular weight is 489 g/mol. The number of hydrogen-bond donors (Lipinski definition) is 1. The summed E-state index contributed by atoms with van der Waals surface area (Å²) < 4.78 is 1.30. The first-order chi connectivity index (χ1) is 13.8. The van der Waals surface area contributed by atoms with E-state index in [2.05, 4.69) is 70.9 Å². The fraction of sp³-hybridized carbons (Fsp3) is 0.538. The van der Waals surface area contributed by atoms with Gasteiger partial charge < -0.3 is 4.98 Å². The summed E-state index contributed by atoms with van der Waals surface area (Å²) in [6.45, 7) is 2.29. The molecule has 2 heteroatoms. The monoisotopic (exact) mass is 489 g/mol. The zero-order chi connectivity index (χ0) is 19.6. The topological polar surface area (TPSA) is 15.8 Å². The minimum absolute atomic E-state index is 1.21. The molecule has 152 valence electrons. The number of hydrogen-bond acceptors (Lipinski definition) is 0. The second-order valence-corrected chi connectivity index (χ2v) is 9.58. The number of halogens is 1. The van der Waals surface area contributed by atoms with Crippen molar-refractivity contribution in [3.05, 3.63) is 45.5 Å². The Morgan fingerprint density at radius 1 is 0.643 bits per heavy atom. The van der Waals surface area contributed by atoms with Crippen LogP contribution in [0.25, 0.3) is 21.8 Å². The molecule has 0 aliphatic heterocycles. The minimum Gasteiger partial charge on any atom is -0.355 e. The summed E-state index contributed by atoms with van der Waals surface area (Å²) >= 11 is 2.39. The van der Waals surface area contributed by atoms with Crippen molar-refractivity contribution in [1.29, 1.82) is 0 Å². The molecule has 1 N–H and O–H groups in total. The van der Waals surface area contributed by atoms with Gasteiger partial charge in [0.2, 0.25) is 0 Å². The SMILES string of the molecule is CCCCCCCCCCCCCCc1ccc2c(c1)[nH]c1ccc(I)cc12. The third kappa shape index (κ3) is 6.50. The van der Waals surface area contributed by atoms with Crippen LogP contribution < -0.4 is 0 Å². The highest BCUT2D eigenvalue weighted by molar-refractivity contribution is 14.1. The summed E-state index contributed by atoms with van der Waals surface area (Å²) in [4.78, 5) is 3.59. The van der Waals surface area contributed by atoms with E-state index in [1.165, 1.54) is 114 Å². The van der Waals surface area contributed by atoms with Crippen LogP contribution in [0.3, 0.4) is 0 Å². The lowest BCUT2D eigenvalue weighted by Gasteiger charge is -2.04. The molecule has 0 fully saturated rings.